The van der Waals surface area contributed by atoms with E-state index in [1.54, 1.807) is 6.07 Å². The number of hydrogen-bond acceptors (Lipinski definition) is 1. The molecular formula is C13H16Cl2F3N. The molecule has 1 aromatic rings. The molecule has 1 aromatic carbocycles. The molecule has 0 saturated heterocycles. The van der Waals surface area contributed by atoms with Crippen LogP contribution in [-0.2, 0) is 6.18 Å². The predicted octanol–water partition coefficient (Wildman–Crippen LogP) is 4.97. The minimum atomic E-state index is -4.43. The number of alkyl halides is 3. The molecule has 108 valence electrons. The van der Waals surface area contributed by atoms with E-state index < -0.39 is 17.8 Å². The summed E-state index contributed by atoms with van der Waals surface area (Å²) in [6, 6.07) is 3.56. The first-order valence-electron chi connectivity index (χ1n) is 6.02. The lowest BCUT2D eigenvalue weighted by molar-refractivity contribution is -0.137. The van der Waals surface area contributed by atoms with Gasteiger partial charge < -0.3 is 5.73 Å². The Balaban J connectivity index is 0.00000180. The van der Waals surface area contributed by atoms with Crippen LogP contribution >= 0.6 is 24.0 Å². The van der Waals surface area contributed by atoms with Crippen LogP contribution in [0.15, 0.2) is 18.2 Å². The van der Waals surface area contributed by atoms with Crippen molar-refractivity contribution in [1.29, 1.82) is 0 Å². The molecule has 1 atom stereocenters. The molecule has 19 heavy (non-hydrogen) atoms. The molecule has 1 aliphatic rings. The fourth-order valence-corrected chi connectivity index (χ4v) is 2.96. The van der Waals surface area contributed by atoms with Crippen molar-refractivity contribution in [3.05, 3.63) is 34.3 Å². The number of hydrogen-bond donors (Lipinski definition) is 1. The highest BCUT2D eigenvalue weighted by molar-refractivity contribution is 6.32. The van der Waals surface area contributed by atoms with Crippen molar-refractivity contribution < 1.29 is 13.2 Å². The third-order valence-corrected chi connectivity index (χ3v) is 4.02. The summed E-state index contributed by atoms with van der Waals surface area (Å²) in [7, 11) is 0. The van der Waals surface area contributed by atoms with Crippen LogP contribution in [0.2, 0.25) is 5.02 Å². The van der Waals surface area contributed by atoms with Gasteiger partial charge >= 0.3 is 6.18 Å². The van der Waals surface area contributed by atoms with Gasteiger partial charge in [0.1, 0.15) is 0 Å². The molecule has 1 saturated carbocycles. The lowest BCUT2D eigenvalue weighted by Gasteiger charge is -2.22. The van der Waals surface area contributed by atoms with Gasteiger partial charge in [-0.3, -0.25) is 0 Å². The van der Waals surface area contributed by atoms with Gasteiger partial charge in [-0.1, -0.05) is 36.6 Å². The molecule has 2 rings (SSSR count). The zero-order valence-electron chi connectivity index (χ0n) is 10.2. The van der Waals surface area contributed by atoms with E-state index in [1.165, 1.54) is 6.07 Å². The molecule has 0 aliphatic heterocycles. The quantitative estimate of drug-likeness (QED) is 0.819. The SMILES string of the molecule is Cl.N[C@@H](c1cccc(C(F)(F)F)c1Cl)C1CCCC1. The van der Waals surface area contributed by atoms with E-state index in [1.807, 2.05) is 0 Å². The molecule has 1 aliphatic carbocycles. The van der Waals surface area contributed by atoms with E-state index in [0.717, 1.165) is 31.7 Å². The molecule has 2 N–H and O–H groups in total. The lowest BCUT2D eigenvalue weighted by Crippen LogP contribution is -2.20. The van der Waals surface area contributed by atoms with Gasteiger partial charge in [0.2, 0.25) is 0 Å². The first-order chi connectivity index (χ1) is 8.41. The maximum absolute atomic E-state index is 12.7. The smallest absolute Gasteiger partial charge is 0.324 e. The van der Waals surface area contributed by atoms with Gasteiger partial charge in [0, 0.05) is 6.04 Å². The fourth-order valence-electron chi connectivity index (χ4n) is 2.60. The van der Waals surface area contributed by atoms with Crippen LogP contribution in [0.5, 0.6) is 0 Å². The van der Waals surface area contributed by atoms with Crippen molar-refractivity contribution in [3.63, 3.8) is 0 Å². The Morgan fingerprint density at radius 1 is 1.21 bits per heavy atom. The molecule has 0 heterocycles. The van der Waals surface area contributed by atoms with Gasteiger partial charge in [-0.15, -0.1) is 12.4 Å². The summed E-state index contributed by atoms with van der Waals surface area (Å²) < 4.78 is 38.2. The largest absolute Gasteiger partial charge is 0.417 e. The second kappa shape index (κ2) is 6.33. The Bertz CT molecular complexity index is 428. The van der Waals surface area contributed by atoms with Gasteiger partial charge in [0.25, 0.3) is 0 Å². The summed E-state index contributed by atoms with van der Waals surface area (Å²) in [6.45, 7) is 0. The highest BCUT2D eigenvalue weighted by Crippen LogP contribution is 2.41. The van der Waals surface area contributed by atoms with E-state index in [9.17, 15) is 13.2 Å². The maximum atomic E-state index is 12.7. The third kappa shape index (κ3) is 3.56. The van der Waals surface area contributed by atoms with E-state index in [4.69, 9.17) is 17.3 Å². The second-order valence-corrected chi connectivity index (χ2v) is 5.15. The predicted molar refractivity (Wildman–Crippen MR) is 72.6 cm³/mol. The molecule has 6 heteroatoms. The summed E-state index contributed by atoms with van der Waals surface area (Å²) in [5, 5.41) is -0.246. The number of benzene rings is 1. The summed E-state index contributed by atoms with van der Waals surface area (Å²) in [4.78, 5) is 0. The van der Waals surface area contributed by atoms with Crippen LogP contribution in [-0.4, -0.2) is 0 Å². The second-order valence-electron chi connectivity index (χ2n) is 4.78. The lowest BCUT2D eigenvalue weighted by atomic mass is 9.91. The van der Waals surface area contributed by atoms with Gasteiger partial charge in [-0.05, 0) is 30.4 Å². The topological polar surface area (TPSA) is 26.0 Å². The molecule has 1 nitrogen and oxygen atoms in total. The highest BCUT2D eigenvalue weighted by atomic mass is 35.5. The van der Waals surface area contributed by atoms with Gasteiger partial charge in [0.05, 0.1) is 10.6 Å². The first kappa shape index (κ1) is 16.6. The highest BCUT2D eigenvalue weighted by Gasteiger charge is 2.35. The Labute approximate surface area is 121 Å². The fraction of sp³-hybridized carbons (Fsp3) is 0.538. The van der Waals surface area contributed by atoms with Gasteiger partial charge in [0.15, 0.2) is 0 Å². The molecule has 1 fully saturated rings. The Morgan fingerprint density at radius 3 is 2.32 bits per heavy atom. The van der Waals surface area contributed by atoms with Crippen molar-refractivity contribution >= 4 is 24.0 Å². The van der Waals surface area contributed by atoms with Gasteiger partial charge in [-0.25, -0.2) is 0 Å². The van der Waals surface area contributed by atoms with Crippen LogP contribution < -0.4 is 5.73 Å². The minimum Gasteiger partial charge on any atom is -0.324 e. The van der Waals surface area contributed by atoms with E-state index in [0.29, 0.717) is 5.56 Å². The molecule has 0 aromatic heterocycles. The number of rotatable bonds is 2. The molecule has 0 bridgehead atoms. The zero-order valence-corrected chi connectivity index (χ0v) is 11.8. The van der Waals surface area contributed by atoms with Gasteiger partial charge in [-0.2, -0.15) is 13.2 Å². The van der Waals surface area contributed by atoms with Crippen molar-refractivity contribution in [2.45, 2.75) is 37.9 Å². The zero-order chi connectivity index (χ0) is 13.3. The van der Waals surface area contributed by atoms with Crippen molar-refractivity contribution in [2.75, 3.05) is 0 Å². The molecule has 0 unspecified atom stereocenters. The number of nitrogens with two attached hydrogens (primary N) is 1. The standard InChI is InChI=1S/C13H15ClF3N.ClH/c14-11-9(12(18)8-4-1-2-5-8)6-3-7-10(11)13(15,16)17;/h3,6-8,12H,1-2,4-5,18H2;1H/t12-;/m1./s1. The Morgan fingerprint density at radius 2 is 1.79 bits per heavy atom. The molecule has 0 radical (unpaired) electrons. The van der Waals surface area contributed by atoms with Crippen LogP contribution in [0.3, 0.4) is 0 Å². The monoisotopic (exact) mass is 313 g/mol. The van der Waals surface area contributed by atoms with Crippen LogP contribution in [0.25, 0.3) is 0 Å². The third-order valence-electron chi connectivity index (χ3n) is 3.60. The summed E-state index contributed by atoms with van der Waals surface area (Å²) >= 11 is 5.87. The van der Waals surface area contributed by atoms with E-state index in [-0.39, 0.29) is 23.3 Å². The van der Waals surface area contributed by atoms with Crippen molar-refractivity contribution in [2.24, 2.45) is 11.7 Å². The summed E-state index contributed by atoms with van der Waals surface area (Å²) in [6.07, 6.45) is -0.312. The first-order valence-corrected chi connectivity index (χ1v) is 6.40. The Kier molecular flexibility index (Phi) is 5.53. The average Bonchev–Trinajstić information content (AvgIpc) is 2.80. The normalized spacial score (nSPS) is 18.2. The molecule has 0 spiro atoms. The van der Waals surface area contributed by atoms with Crippen molar-refractivity contribution in [1.82, 2.24) is 0 Å². The van der Waals surface area contributed by atoms with E-state index >= 15 is 0 Å². The average molecular weight is 314 g/mol. The number of halogens is 5. The summed E-state index contributed by atoms with van der Waals surface area (Å²) in [5.41, 5.74) is 5.68. The van der Waals surface area contributed by atoms with Crippen LogP contribution in [0, 0.1) is 5.92 Å². The van der Waals surface area contributed by atoms with E-state index in [2.05, 4.69) is 0 Å². The molecular weight excluding hydrogens is 298 g/mol. The maximum Gasteiger partial charge on any atom is 0.417 e. The molecule has 0 amide bonds. The Hall–Kier alpha value is -0.450. The summed E-state index contributed by atoms with van der Waals surface area (Å²) in [5.74, 6) is 0.242. The minimum absolute atomic E-state index is 0. The van der Waals surface area contributed by atoms with Crippen molar-refractivity contribution in [3.8, 4) is 0 Å². The van der Waals surface area contributed by atoms with Crippen LogP contribution in [0.4, 0.5) is 13.2 Å². The van der Waals surface area contributed by atoms with Crippen LogP contribution in [0.1, 0.15) is 42.9 Å².